The van der Waals surface area contributed by atoms with Crippen LogP contribution in [0.4, 0.5) is 0 Å². The average Bonchev–Trinajstić information content (AvgIpc) is 2.18. The minimum Gasteiger partial charge on any atom is -0.388 e. The highest BCUT2D eigenvalue weighted by molar-refractivity contribution is 5.27. The van der Waals surface area contributed by atoms with Crippen molar-refractivity contribution in [2.24, 2.45) is 5.73 Å². The lowest BCUT2D eigenvalue weighted by atomic mass is 9.98. The summed E-state index contributed by atoms with van der Waals surface area (Å²) in [5, 5.41) is 9.75. The highest BCUT2D eigenvalue weighted by Crippen LogP contribution is 2.21. The maximum Gasteiger partial charge on any atom is 0.0802 e. The summed E-state index contributed by atoms with van der Waals surface area (Å²) in [5.74, 6) is 0.500. The first-order valence-electron chi connectivity index (χ1n) is 5.13. The van der Waals surface area contributed by atoms with E-state index in [2.05, 4.69) is 26.0 Å². The number of aliphatic hydroxyl groups is 1. The predicted octanol–water partition coefficient (Wildman–Crippen LogP) is 2.19. The molecule has 0 unspecified atom stereocenters. The third-order valence-corrected chi connectivity index (χ3v) is 2.40. The SMILES string of the molecule is CC(C)c1cccc([C@@H](O)CCN)c1. The molecule has 1 atom stereocenters. The van der Waals surface area contributed by atoms with Gasteiger partial charge in [0.2, 0.25) is 0 Å². The number of hydrogen-bond acceptors (Lipinski definition) is 2. The van der Waals surface area contributed by atoms with Crippen molar-refractivity contribution in [2.45, 2.75) is 32.3 Å². The molecule has 0 aliphatic carbocycles. The van der Waals surface area contributed by atoms with Crippen LogP contribution in [0.2, 0.25) is 0 Å². The van der Waals surface area contributed by atoms with Crippen molar-refractivity contribution in [3.8, 4) is 0 Å². The van der Waals surface area contributed by atoms with Gasteiger partial charge in [0, 0.05) is 0 Å². The Morgan fingerprint density at radius 3 is 2.50 bits per heavy atom. The van der Waals surface area contributed by atoms with Crippen LogP contribution in [0.15, 0.2) is 24.3 Å². The summed E-state index contributed by atoms with van der Waals surface area (Å²) >= 11 is 0. The van der Waals surface area contributed by atoms with Crippen LogP contribution in [0.3, 0.4) is 0 Å². The molecule has 0 amide bonds. The fraction of sp³-hybridized carbons (Fsp3) is 0.500. The molecular formula is C12H19NO. The largest absolute Gasteiger partial charge is 0.388 e. The van der Waals surface area contributed by atoms with Crippen LogP contribution in [0.5, 0.6) is 0 Å². The van der Waals surface area contributed by atoms with Gasteiger partial charge in [-0.3, -0.25) is 0 Å². The molecule has 0 saturated carbocycles. The van der Waals surface area contributed by atoms with E-state index in [1.807, 2.05) is 12.1 Å². The van der Waals surface area contributed by atoms with Gasteiger partial charge in [0.05, 0.1) is 6.10 Å². The Hall–Kier alpha value is -0.860. The minimum atomic E-state index is -0.418. The first-order chi connectivity index (χ1) is 6.65. The van der Waals surface area contributed by atoms with Crippen LogP contribution < -0.4 is 5.73 Å². The van der Waals surface area contributed by atoms with Crippen molar-refractivity contribution in [2.75, 3.05) is 6.54 Å². The molecule has 1 rings (SSSR count). The minimum absolute atomic E-state index is 0.418. The van der Waals surface area contributed by atoms with E-state index in [4.69, 9.17) is 5.73 Å². The van der Waals surface area contributed by atoms with E-state index in [0.29, 0.717) is 18.9 Å². The molecule has 0 saturated heterocycles. The summed E-state index contributed by atoms with van der Waals surface area (Å²) in [6.45, 7) is 4.82. The second kappa shape index (κ2) is 5.13. The van der Waals surface area contributed by atoms with Crippen molar-refractivity contribution in [1.82, 2.24) is 0 Å². The highest BCUT2D eigenvalue weighted by atomic mass is 16.3. The van der Waals surface area contributed by atoms with Gasteiger partial charge in [0.25, 0.3) is 0 Å². The number of nitrogens with two attached hydrogens (primary N) is 1. The molecule has 0 bridgehead atoms. The summed E-state index contributed by atoms with van der Waals surface area (Å²) in [7, 11) is 0. The number of rotatable bonds is 4. The zero-order valence-electron chi connectivity index (χ0n) is 8.90. The molecule has 0 aliphatic heterocycles. The lowest BCUT2D eigenvalue weighted by Crippen LogP contribution is -2.07. The van der Waals surface area contributed by atoms with Crippen molar-refractivity contribution >= 4 is 0 Å². The van der Waals surface area contributed by atoms with Crippen molar-refractivity contribution in [3.63, 3.8) is 0 Å². The summed E-state index contributed by atoms with van der Waals surface area (Å²) in [6, 6.07) is 8.09. The first kappa shape index (κ1) is 11.2. The van der Waals surface area contributed by atoms with Gasteiger partial charge in [-0.2, -0.15) is 0 Å². The average molecular weight is 193 g/mol. The van der Waals surface area contributed by atoms with Gasteiger partial charge in [0.1, 0.15) is 0 Å². The van der Waals surface area contributed by atoms with Gasteiger partial charge >= 0.3 is 0 Å². The fourth-order valence-electron chi connectivity index (χ4n) is 1.45. The van der Waals surface area contributed by atoms with E-state index < -0.39 is 6.10 Å². The lowest BCUT2D eigenvalue weighted by molar-refractivity contribution is 0.170. The Kier molecular flexibility index (Phi) is 4.11. The monoisotopic (exact) mass is 193 g/mol. The van der Waals surface area contributed by atoms with E-state index in [9.17, 15) is 5.11 Å². The Balaban J connectivity index is 2.82. The molecule has 3 N–H and O–H groups in total. The van der Waals surface area contributed by atoms with Crippen molar-refractivity contribution in [1.29, 1.82) is 0 Å². The molecule has 2 nitrogen and oxygen atoms in total. The number of benzene rings is 1. The van der Waals surface area contributed by atoms with E-state index >= 15 is 0 Å². The van der Waals surface area contributed by atoms with Gasteiger partial charge in [-0.25, -0.2) is 0 Å². The van der Waals surface area contributed by atoms with Crippen LogP contribution in [-0.2, 0) is 0 Å². The topological polar surface area (TPSA) is 46.2 Å². The molecule has 0 spiro atoms. The zero-order valence-corrected chi connectivity index (χ0v) is 8.90. The molecule has 0 heterocycles. The quantitative estimate of drug-likeness (QED) is 0.770. The van der Waals surface area contributed by atoms with Crippen LogP contribution in [-0.4, -0.2) is 11.7 Å². The second-order valence-electron chi connectivity index (χ2n) is 3.92. The molecule has 0 aromatic heterocycles. The molecular weight excluding hydrogens is 174 g/mol. The van der Waals surface area contributed by atoms with Crippen LogP contribution >= 0.6 is 0 Å². The Labute approximate surface area is 85.8 Å². The molecule has 78 valence electrons. The molecule has 14 heavy (non-hydrogen) atoms. The van der Waals surface area contributed by atoms with Gasteiger partial charge in [-0.1, -0.05) is 38.1 Å². The lowest BCUT2D eigenvalue weighted by Gasteiger charge is -2.12. The molecule has 0 radical (unpaired) electrons. The molecule has 0 fully saturated rings. The van der Waals surface area contributed by atoms with Crippen LogP contribution in [0.25, 0.3) is 0 Å². The third kappa shape index (κ3) is 2.82. The summed E-state index contributed by atoms with van der Waals surface area (Å²) in [6.07, 6.45) is 0.209. The number of aliphatic hydroxyl groups excluding tert-OH is 1. The van der Waals surface area contributed by atoms with Crippen molar-refractivity contribution < 1.29 is 5.11 Å². The Morgan fingerprint density at radius 2 is 1.93 bits per heavy atom. The third-order valence-electron chi connectivity index (χ3n) is 2.40. The Morgan fingerprint density at radius 1 is 1.29 bits per heavy atom. The van der Waals surface area contributed by atoms with E-state index in [0.717, 1.165) is 5.56 Å². The predicted molar refractivity (Wildman–Crippen MR) is 59.2 cm³/mol. The van der Waals surface area contributed by atoms with E-state index in [-0.39, 0.29) is 0 Å². The zero-order chi connectivity index (χ0) is 10.6. The maximum absolute atomic E-state index is 9.75. The molecule has 1 aromatic carbocycles. The van der Waals surface area contributed by atoms with Gasteiger partial charge in [-0.05, 0) is 30.0 Å². The van der Waals surface area contributed by atoms with Crippen molar-refractivity contribution in [3.05, 3.63) is 35.4 Å². The molecule has 0 aliphatic rings. The second-order valence-corrected chi connectivity index (χ2v) is 3.92. The summed E-state index contributed by atoms with van der Waals surface area (Å²) in [5.41, 5.74) is 7.64. The van der Waals surface area contributed by atoms with E-state index in [1.165, 1.54) is 5.56 Å². The first-order valence-corrected chi connectivity index (χ1v) is 5.13. The Bertz CT molecular complexity index is 283. The van der Waals surface area contributed by atoms with Crippen LogP contribution in [0, 0.1) is 0 Å². The highest BCUT2D eigenvalue weighted by Gasteiger charge is 2.07. The van der Waals surface area contributed by atoms with Gasteiger partial charge < -0.3 is 10.8 Å². The van der Waals surface area contributed by atoms with E-state index in [1.54, 1.807) is 0 Å². The normalized spacial score (nSPS) is 13.2. The smallest absolute Gasteiger partial charge is 0.0802 e. The fourth-order valence-corrected chi connectivity index (χ4v) is 1.45. The standard InChI is InChI=1S/C12H19NO/c1-9(2)10-4-3-5-11(8-10)12(14)6-7-13/h3-5,8-9,12,14H,6-7,13H2,1-2H3/t12-/m0/s1. The van der Waals surface area contributed by atoms with Crippen LogP contribution in [0.1, 0.15) is 43.4 Å². The van der Waals surface area contributed by atoms with Gasteiger partial charge in [-0.15, -0.1) is 0 Å². The summed E-state index contributed by atoms with van der Waals surface area (Å²) in [4.78, 5) is 0. The number of hydrogen-bond donors (Lipinski definition) is 2. The summed E-state index contributed by atoms with van der Waals surface area (Å²) < 4.78 is 0. The molecule has 2 heteroatoms. The van der Waals surface area contributed by atoms with Gasteiger partial charge in [0.15, 0.2) is 0 Å². The molecule has 1 aromatic rings. The maximum atomic E-state index is 9.75.